The zero-order valence-electron chi connectivity index (χ0n) is 18.8. The molecule has 2 aliphatic rings. The van der Waals surface area contributed by atoms with Gasteiger partial charge in [-0.3, -0.25) is 4.99 Å². The molecule has 1 saturated carbocycles. The number of ether oxygens (including phenoxy) is 1. The molecule has 3 rings (SSSR count). The summed E-state index contributed by atoms with van der Waals surface area (Å²) in [6.07, 6.45) is 6.60. The third-order valence-electron chi connectivity index (χ3n) is 6.72. The molecule has 1 saturated heterocycles. The Hall–Kier alpha value is -1.63. The predicted octanol–water partition coefficient (Wildman–Crippen LogP) is 2.99. The van der Waals surface area contributed by atoms with E-state index in [4.69, 9.17) is 9.73 Å². The van der Waals surface area contributed by atoms with E-state index in [9.17, 15) is 5.11 Å². The Bertz CT molecular complexity index is 652. The maximum absolute atomic E-state index is 9.48. The fraction of sp³-hybridized carbons (Fsp3) is 0.708. The normalized spacial score (nSPS) is 24.7. The summed E-state index contributed by atoms with van der Waals surface area (Å²) >= 11 is 0. The van der Waals surface area contributed by atoms with E-state index in [0.29, 0.717) is 19.2 Å². The van der Waals surface area contributed by atoms with Gasteiger partial charge >= 0.3 is 0 Å². The van der Waals surface area contributed by atoms with Crippen LogP contribution >= 0.6 is 0 Å². The number of hydrogen-bond donors (Lipinski definition) is 4. The first-order valence-electron chi connectivity index (χ1n) is 11.6. The molecule has 2 unspecified atom stereocenters. The summed E-state index contributed by atoms with van der Waals surface area (Å²) in [5.74, 6) is 0.863. The average molecular weight is 417 g/mol. The quantitative estimate of drug-likeness (QED) is 0.348. The molecule has 1 aromatic rings. The van der Waals surface area contributed by atoms with Crippen LogP contribution in [-0.2, 0) is 4.74 Å². The van der Waals surface area contributed by atoms with Crippen LogP contribution in [0.3, 0.4) is 0 Å². The first kappa shape index (κ1) is 23.0. The highest BCUT2D eigenvalue weighted by atomic mass is 16.5. The Morgan fingerprint density at radius 2 is 1.93 bits per heavy atom. The molecule has 1 aromatic carbocycles. The van der Waals surface area contributed by atoms with Crippen molar-refractivity contribution in [2.75, 3.05) is 39.5 Å². The lowest BCUT2D eigenvalue weighted by atomic mass is 9.84. The third kappa shape index (κ3) is 6.19. The Morgan fingerprint density at radius 3 is 2.57 bits per heavy atom. The molecule has 0 radical (unpaired) electrons. The van der Waals surface area contributed by atoms with Crippen molar-refractivity contribution in [1.29, 1.82) is 0 Å². The highest BCUT2D eigenvalue weighted by Gasteiger charge is 2.36. The van der Waals surface area contributed by atoms with E-state index in [-0.39, 0.29) is 17.6 Å². The highest BCUT2D eigenvalue weighted by molar-refractivity contribution is 5.79. The van der Waals surface area contributed by atoms with Gasteiger partial charge in [0.05, 0.1) is 13.2 Å². The molecule has 168 valence electrons. The Labute approximate surface area is 181 Å². The summed E-state index contributed by atoms with van der Waals surface area (Å²) in [4.78, 5) is 4.89. The second-order valence-electron chi connectivity index (χ2n) is 9.09. The minimum Gasteiger partial charge on any atom is -0.396 e. The first-order valence-corrected chi connectivity index (χ1v) is 11.6. The van der Waals surface area contributed by atoms with E-state index in [0.717, 1.165) is 38.5 Å². The van der Waals surface area contributed by atoms with Gasteiger partial charge in [-0.15, -0.1) is 0 Å². The van der Waals surface area contributed by atoms with Crippen LogP contribution in [0, 0.1) is 5.41 Å². The van der Waals surface area contributed by atoms with Crippen molar-refractivity contribution in [2.24, 2.45) is 10.4 Å². The number of rotatable bonds is 10. The van der Waals surface area contributed by atoms with Gasteiger partial charge in [-0.2, -0.15) is 0 Å². The molecule has 4 N–H and O–H groups in total. The van der Waals surface area contributed by atoms with Crippen LogP contribution in [0.25, 0.3) is 0 Å². The second kappa shape index (κ2) is 11.1. The van der Waals surface area contributed by atoms with Crippen molar-refractivity contribution in [3.05, 3.63) is 35.9 Å². The average Bonchev–Trinajstić information content (AvgIpc) is 3.42. The van der Waals surface area contributed by atoms with Gasteiger partial charge in [0.15, 0.2) is 5.96 Å². The van der Waals surface area contributed by atoms with Crippen molar-refractivity contribution in [3.63, 3.8) is 0 Å². The van der Waals surface area contributed by atoms with Crippen molar-refractivity contribution >= 4 is 5.96 Å². The lowest BCUT2D eigenvalue weighted by Gasteiger charge is -2.35. The van der Waals surface area contributed by atoms with Gasteiger partial charge in [-0.1, -0.05) is 43.2 Å². The van der Waals surface area contributed by atoms with Crippen molar-refractivity contribution < 1.29 is 9.84 Å². The van der Waals surface area contributed by atoms with E-state index in [1.165, 1.54) is 31.2 Å². The smallest absolute Gasteiger partial charge is 0.191 e. The molecule has 0 spiro atoms. The summed E-state index contributed by atoms with van der Waals surface area (Å²) in [5, 5.41) is 20.4. The lowest BCUT2D eigenvalue weighted by molar-refractivity contribution is 0.131. The molecule has 2 fully saturated rings. The minimum absolute atomic E-state index is 0.0256. The van der Waals surface area contributed by atoms with Crippen LogP contribution < -0.4 is 16.0 Å². The van der Waals surface area contributed by atoms with E-state index in [1.807, 2.05) is 0 Å². The Kier molecular flexibility index (Phi) is 8.54. The maximum Gasteiger partial charge on any atom is 0.191 e. The molecule has 1 aliphatic carbocycles. The second-order valence-corrected chi connectivity index (χ2v) is 9.09. The van der Waals surface area contributed by atoms with Crippen LogP contribution in [0.2, 0.25) is 0 Å². The van der Waals surface area contributed by atoms with Gasteiger partial charge in [-0.25, -0.2) is 0 Å². The van der Waals surface area contributed by atoms with Gasteiger partial charge in [0, 0.05) is 43.3 Å². The van der Waals surface area contributed by atoms with Crippen molar-refractivity contribution in [1.82, 2.24) is 16.0 Å². The predicted molar refractivity (Wildman–Crippen MR) is 123 cm³/mol. The Morgan fingerprint density at radius 1 is 1.17 bits per heavy atom. The number of hydrogen-bond acceptors (Lipinski definition) is 4. The number of aliphatic hydroxyl groups excluding tert-OH is 1. The topological polar surface area (TPSA) is 77.9 Å². The highest BCUT2D eigenvalue weighted by Crippen LogP contribution is 2.33. The molecule has 0 aromatic heterocycles. The van der Waals surface area contributed by atoms with Crippen LogP contribution in [0.1, 0.15) is 64.0 Å². The molecular formula is C24H40N4O2. The molecule has 1 aliphatic heterocycles. The monoisotopic (exact) mass is 416 g/mol. The summed E-state index contributed by atoms with van der Waals surface area (Å²) in [6, 6.07) is 11.0. The number of guanidine groups is 1. The number of benzene rings is 1. The molecular weight excluding hydrogens is 376 g/mol. The standard InChI is InChI=1S/C24H40N4O2/c1-3-25-22(26-17-23(13-15-29)14-16-30-19-23)27-18-24(11-7-8-12-24)28-20(2)21-9-5-4-6-10-21/h4-6,9-10,20,28-29H,3,7-8,11-19H2,1-2H3,(H2,25,26,27). The van der Waals surface area contributed by atoms with Crippen LogP contribution in [-0.4, -0.2) is 56.1 Å². The van der Waals surface area contributed by atoms with Crippen LogP contribution in [0.5, 0.6) is 0 Å². The number of nitrogens with one attached hydrogen (secondary N) is 3. The van der Waals surface area contributed by atoms with E-state index in [2.05, 4.69) is 60.1 Å². The van der Waals surface area contributed by atoms with Crippen molar-refractivity contribution in [3.8, 4) is 0 Å². The summed E-state index contributed by atoms with van der Waals surface area (Å²) < 4.78 is 5.62. The van der Waals surface area contributed by atoms with Gasteiger partial charge in [0.25, 0.3) is 0 Å². The van der Waals surface area contributed by atoms with Gasteiger partial charge in [-0.05, 0) is 45.1 Å². The molecule has 6 nitrogen and oxygen atoms in total. The maximum atomic E-state index is 9.48. The largest absolute Gasteiger partial charge is 0.396 e. The van der Waals surface area contributed by atoms with Crippen LogP contribution in [0.4, 0.5) is 0 Å². The minimum atomic E-state index is -0.0256. The fourth-order valence-corrected chi connectivity index (χ4v) is 4.84. The summed E-state index contributed by atoms with van der Waals surface area (Å²) in [6.45, 7) is 8.38. The van der Waals surface area contributed by atoms with E-state index < -0.39 is 0 Å². The molecule has 30 heavy (non-hydrogen) atoms. The summed E-state index contributed by atoms with van der Waals surface area (Å²) in [7, 11) is 0. The fourth-order valence-electron chi connectivity index (χ4n) is 4.84. The SMILES string of the molecule is CCNC(=NCC1(CCO)CCOC1)NCC1(NC(C)c2ccccc2)CCCC1. The molecule has 1 heterocycles. The lowest BCUT2D eigenvalue weighted by Crippen LogP contribution is -2.54. The third-order valence-corrected chi connectivity index (χ3v) is 6.72. The number of aliphatic hydroxyl groups is 1. The van der Waals surface area contributed by atoms with Crippen LogP contribution in [0.15, 0.2) is 35.3 Å². The van der Waals surface area contributed by atoms with E-state index in [1.54, 1.807) is 0 Å². The Balaban J connectivity index is 1.63. The van der Waals surface area contributed by atoms with Gasteiger partial charge < -0.3 is 25.8 Å². The van der Waals surface area contributed by atoms with Gasteiger partial charge in [0.1, 0.15) is 0 Å². The molecule has 0 amide bonds. The molecule has 2 atom stereocenters. The van der Waals surface area contributed by atoms with Gasteiger partial charge in [0.2, 0.25) is 0 Å². The number of nitrogens with zero attached hydrogens (tertiary/aromatic N) is 1. The van der Waals surface area contributed by atoms with Crippen molar-refractivity contribution in [2.45, 2.75) is 64.0 Å². The first-order chi connectivity index (χ1) is 14.6. The zero-order valence-corrected chi connectivity index (χ0v) is 18.8. The molecule has 6 heteroatoms. The zero-order chi connectivity index (χ0) is 21.3. The number of aliphatic imine (C=N–C) groups is 1. The molecule has 0 bridgehead atoms. The van der Waals surface area contributed by atoms with E-state index >= 15 is 0 Å². The summed E-state index contributed by atoms with van der Waals surface area (Å²) in [5.41, 5.74) is 1.39.